The van der Waals surface area contributed by atoms with Gasteiger partial charge in [0.05, 0.1) is 18.1 Å². The van der Waals surface area contributed by atoms with Crippen molar-refractivity contribution in [3.8, 4) is 0 Å². The number of unbranched alkanes of at least 4 members (excludes halogenated alkanes) is 2. The van der Waals surface area contributed by atoms with Crippen LogP contribution >= 0.6 is 0 Å². The summed E-state index contributed by atoms with van der Waals surface area (Å²) in [4.78, 5) is 40.1. The molecule has 2 N–H and O–H groups in total. The van der Waals surface area contributed by atoms with Gasteiger partial charge >= 0.3 is 5.97 Å². The Labute approximate surface area is 260 Å². The molecule has 0 saturated carbocycles. The summed E-state index contributed by atoms with van der Waals surface area (Å²) >= 11 is 0. The van der Waals surface area contributed by atoms with E-state index in [-0.39, 0.29) is 36.6 Å². The van der Waals surface area contributed by atoms with E-state index in [0.29, 0.717) is 32.2 Å². The van der Waals surface area contributed by atoms with Crippen molar-refractivity contribution in [2.24, 2.45) is 0 Å². The number of amides is 1. The van der Waals surface area contributed by atoms with Gasteiger partial charge in [0.2, 0.25) is 5.91 Å². The molecule has 0 radical (unpaired) electrons. The number of carbonyl (C=O) groups is 3. The number of aliphatic carboxylic acids is 1. The molecule has 0 aromatic heterocycles. The highest BCUT2D eigenvalue weighted by Crippen LogP contribution is 2.30. The van der Waals surface area contributed by atoms with Crippen LogP contribution in [0.25, 0.3) is 0 Å². The fourth-order valence-electron chi connectivity index (χ4n) is 5.65. The lowest BCUT2D eigenvalue weighted by molar-refractivity contribution is -0.137. The second kappa shape index (κ2) is 16.9. The highest BCUT2D eigenvalue weighted by molar-refractivity contribution is 5.83. The summed E-state index contributed by atoms with van der Waals surface area (Å²) in [5, 5.41) is 12.6. The number of Topliss-reactive ketones (excluding diaryl/α,β-unsaturated/α-hetero) is 1. The first-order chi connectivity index (χ1) is 21.4. The lowest BCUT2D eigenvalue weighted by atomic mass is 9.94. The van der Waals surface area contributed by atoms with Gasteiger partial charge in [0.15, 0.2) is 0 Å². The first-order valence-corrected chi connectivity index (χ1v) is 15.4. The third kappa shape index (κ3) is 9.48. The second-order valence-electron chi connectivity index (χ2n) is 11.1. The van der Waals surface area contributed by atoms with Crippen LogP contribution in [0.15, 0.2) is 121 Å². The maximum atomic E-state index is 14.1. The van der Waals surface area contributed by atoms with E-state index in [4.69, 9.17) is 5.11 Å². The van der Waals surface area contributed by atoms with Gasteiger partial charge in [-0.05, 0) is 48.4 Å². The number of carboxylic acid groups (broad SMARTS) is 1. The minimum Gasteiger partial charge on any atom is -0.481 e. The predicted molar refractivity (Wildman–Crippen MR) is 174 cm³/mol. The van der Waals surface area contributed by atoms with E-state index >= 15 is 0 Å². The molecule has 228 valence electrons. The number of ketones is 1. The molecule has 0 fully saturated rings. The zero-order valence-corrected chi connectivity index (χ0v) is 25.3. The summed E-state index contributed by atoms with van der Waals surface area (Å²) in [5.41, 5.74) is 4.11. The summed E-state index contributed by atoms with van der Waals surface area (Å²) in [7, 11) is 0. The summed E-state index contributed by atoms with van der Waals surface area (Å²) in [6.45, 7) is 2.06. The summed E-state index contributed by atoms with van der Waals surface area (Å²) in [6.07, 6.45) is 2.63. The zero-order chi connectivity index (χ0) is 31.1. The van der Waals surface area contributed by atoms with Crippen molar-refractivity contribution >= 4 is 17.7 Å². The van der Waals surface area contributed by atoms with Crippen LogP contribution in [0, 0.1) is 0 Å². The van der Waals surface area contributed by atoms with Crippen molar-refractivity contribution in [2.45, 2.75) is 63.6 Å². The van der Waals surface area contributed by atoms with E-state index in [1.807, 2.05) is 126 Å². The third-order valence-corrected chi connectivity index (χ3v) is 7.92. The molecule has 1 amide bonds. The average molecular weight is 591 g/mol. The maximum Gasteiger partial charge on any atom is 0.303 e. The molecule has 6 heteroatoms. The Kier molecular flexibility index (Phi) is 12.4. The molecule has 6 nitrogen and oxygen atoms in total. The molecule has 4 aromatic rings. The lowest BCUT2D eigenvalue weighted by Gasteiger charge is -2.34. The van der Waals surface area contributed by atoms with Gasteiger partial charge in [0.1, 0.15) is 5.78 Å². The van der Waals surface area contributed by atoms with E-state index in [1.54, 1.807) is 6.92 Å². The van der Waals surface area contributed by atoms with Gasteiger partial charge < -0.3 is 10.0 Å². The van der Waals surface area contributed by atoms with Crippen LogP contribution in [0.1, 0.15) is 79.8 Å². The van der Waals surface area contributed by atoms with Gasteiger partial charge in [-0.15, -0.1) is 0 Å². The lowest BCUT2D eigenvalue weighted by Crippen LogP contribution is -2.41. The van der Waals surface area contributed by atoms with Crippen molar-refractivity contribution < 1.29 is 19.5 Å². The number of nitrogens with one attached hydrogen (secondary N) is 1. The van der Waals surface area contributed by atoms with E-state index < -0.39 is 12.0 Å². The zero-order valence-electron chi connectivity index (χ0n) is 25.3. The van der Waals surface area contributed by atoms with Crippen LogP contribution in [-0.4, -0.2) is 40.3 Å². The topological polar surface area (TPSA) is 86.7 Å². The van der Waals surface area contributed by atoms with Crippen molar-refractivity contribution in [1.82, 2.24) is 10.2 Å². The van der Waals surface area contributed by atoms with Crippen LogP contribution in [0.2, 0.25) is 0 Å². The Morgan fingerprint density at radius 1 is 0.636 bits per heavy atom. The summed E-state index contributed by atoms with van der Waals surface area (Å²) in [6, 6.07) is 39.0. The molecule has 0 heterocycles. The van der Waals surface area contributed by atoms with Crippen LogP contribution < -0.4 is 5.32 Å². The molecule has 1 unspecified atom stereocenters. The van der Waals surface area contributed by atoms with Crippen LogP contribution in [0.5, 0.6) is 0 Å². The molecule has 0 aliphatic carbocycles. The average Bonchev–Trinajstić information content (AvgIpc) is 3.05. The smallest absolute Gasteiger partial charge is 0.303 e. The number of hydrogen-bond acceptors (Lipinski definition) is 4. The fourth-order valence-corrected chi connectivity index (χ4v) is 5.65. The number of carboxylic acids is 1. The largest absolute Gasteiger partial charge is 0.481 e. The SMILES string of the molecule is CC(=O)C(CCC(=O)N(CCCCCC(=O)O)C(c1ccccc1)c1ccccc1)NC(c1ccccc1)c1ccccc1. The molecule has 4 aromatic carbocycles. The highest BCUT2D eigenvalue weighted by atomic mass is 16.4. The van der Waals surface area contributed by atoms with Crippen LogP contribution in [-0.2, 0) is 14.4 Å². The van der Waals surface area contributed by atoms with Crippen molar-refractivity contribution in [1.29, 1.82) is 0 Å². The molecule has 0 aliphatic rings. The molecule has 0 aliphatic heterocycles. The molecular formula is C38H42N2O4. The van der Waals surface area contributed by atoms with Gasteiger partial charge in [0, 0.05) is 19.4 Å². The maximum absolute atomic E-state index is 14.1. The number of carbonyl (C=O) groups excluding carboxylic acids is 2. The molecule has 4 rings (SSSR count). The number of nitrogens with zero attached hydrogens (tertiary/aromatic N) is 1. The number of rotatable bonds is 17. The number of hydrogen-bond donors (Lipinski definition) is 2. The Morgan fingerprint density at radius 3 is 1.52 bits per heavy atom. The van der Waals surface area contributed by atoms with E-state index in [2.05, 4.69) is 5.32 Å². The first kappa shape index (κ1) is 32.4. The second-order valence-corrected chi connectivity index (χ2v) is 11.1. The monoisotopic (exact) mass is 590 g/mol. The molecule has 0 bridgehead atoms. The van der Waals surface area contributed by atoms with Crippen molar-refractivity contribution in [2.75, 3.05) is 6.54 Å². The minimum absolute atomic E-state index is 0.0162. The Balaban J connectivity index is 1.57. The third-order valence-electron chi connectivity index (χ3n) is 7.92. The molecule has 0 saturated heterocycles. The van der Waals surface area contributed by atoms with E-state index in [1.165, 1.54) is 0 Å². The van der Waals surface area contributed by atoms with Gasteiger partial charge in [-0.1, -0.05) is 128 Å². The van der Waals surface area contributed by atoms with Gasteiger partial charge in [-0.3, -0.25) is 19.7 Å². The highest BCUT2D eigenvalue weighted by Gasteiger charge is 2.28. The van der Waals surface area contributed by atoms with Gasteiger partial charge in [-0.25, -0.2) is 0 Å². The van der Waals surface area contributed by atoms with Crippen molar-refractivity contribution in [3.05, 3.63) is 144 Å². The predicted octanol–water partition coefficient (Wildman–Crippen LogP) is 7.37. The minimum atomic E-state index is -0.809. The normalized spacial score (nSPS) is 11.8. The first-order valence-electron chi connectivity index (χ1n) is 15.4. The summed E-state index contributed by atoms with van der Waals surface area (Å²) in [5.74, 6) is -0.862. The molecule has 44 heavy (non-hydrogen) atoms. The standard InChI is InChI=1S/C38H42N2O4/c1-29(41)34(39-37(30-17-7-2-8-18-30)31-19-9-3-10-20-31)26-27-35(42)40(28-16-6-15-25-36(43)44)38(32-21-11-4-12-22-32)33-23-13-5-14-24-33/h2-5,7-14,17-24,34,37-39H,6,15-16,25-28H2,1H3,(H,43,44). The van der Waals surface area contributed by atoms with E-state index in [0.717, 1.165) is 22.3 Å². The van der Waals surface area contributed by atoms with Crippen LogP contribution in [0.3, 0.4) is 0 Å². The van der Waals surface area contributed by atoms with Crippen LogP contribution in [0.4, 0.5) is 0 Å². The molecular weight excluding hydrogens is 548 g/mol. The van der Waals surface area contributed by atoms with E-state index in [9.17, 15) is 14.4 Å². The Hall–Kier alpha value is -4.55. The summed E-state index contributed by atoms with van der Waals surface area (Å²) < 4.78 is 0. The molecule has 1 atom stereocenters. The molecule has 0 spiro atoms. The fraction of sp³-hybridized carbons (Fsp3) is 0.289. The quantitative estimate of drug-likeness (QED) is 0.125. The Bertz CT molecular complexity index is 1370. The number of benzene rings is 4. The Morgan fingerprint density at radius 2 is 1.09 bits per heavy atom. The van der Waals surface area contributed by atoms with Gasteiger partial charge in [0.25, 0.3) is 0 Å². The van der Waals surface area contributed by atoms with Gasteiger partial charge in [-0.2, -0.15) is 0 Å². The van der Waals surface area contributed by atoms with Crippen molar-refractivity contribution in [3.63, 3.8) is 0 Å².